The van der Waals surface area contributed by atoms with Crippen LogP contribution in [0.15, 0.2) is 30.5 Å². The maximum atomic E-state index is 13.0. The summed E-state index contributed by atoms with van der Waals surface area (Å²) in [6.45, 7) is 7.83. The van der Waals surface area contributed by atoms with E-state index < -0.39 is 0 Å². The van der Waals surface area contributed by atoms with Crippen molar-refractivity contribution < 1.29 is 14.3 Å². The van der Waals surface area contributed by atoms with Gasteiger partial charge in [-0.15, -0.1) is 0 Å². The fraction of sp³-hybridized carbons (Fsp3) is 0.444. The monoisotopic (exact) mass is 333 g/mol. The first-order valence-electron chi connectivity index (χ1n) is 7.93. The highest BCUT2D eigenvalue weighted by Crippen LogP contribution is 2.21. The zero-order valence-corrected chi connectivity index (χ0v) is 14.5. The molecule has 0 spiro atoms. The standard InChI is InChI=1S/C18H24FN3O2/c1-12-16(17(24)21-14(11-23)9-18(2,3)4)10-20-22(12)15-7-5-13(19)6-8-15/h5-8,10,14,23H,9,11H2,1-4H3,(H,21,24). The van der Waals surface area contributed by atoms with Crippen LogP contribution in [-0.2, 0) is 0 Å². The summed E-state index contributed by atoms with van der Waals surface area (Å²) in [7, 11) is 0. The van der Waals surface area contributed by atoms with Crippen LogP contribution in [0.3, 0.4) is 0 Å². The molecule has 0 aliphatic heterocycles. The molecule has 5 nitrogen and oxygen atoms in total. The van der Waals surface area contributed by atoms with Gasteiger partial charge >= 0.3 is 0 Å². The average Bonchev–Trinajstić information content (AvgIpc) is 2.87. The smallest absolute Gasteiger partial charge is 0.255 e. The van der Waals surface area contributed by atoms with E-state index in [1.807, 2.05) is 0 Å². The van der Waals surface area contributed by atoms with Gasteiger partial charge in [-0.3, -0.25) is 4.79 Å². The van der Waals surface area contributed by atoms with Gasteiger partial charge in [0.05, 0.1) is 35.8 Å². The summed E-state index contributed by atoms with van der Waals surface area (Å²) in [4.78, 5) is 12.5. The van der Waals surface area contributed by atoms with E-state index in [1.54, 1.807) is 23.7 Å². The van der Waals surface area contributed by atoms with Gasteiger partial charge in [0.15, 0.2) is 0 Å². The molecule has 1 amide bonds. The Balaban J connectivity index is 2.17. The number of nitrogens with zero attached hydrogens (tertiary/aromatic N) is 2. The second-order valence-corrected chi connectivity index (χ2v) is 7.15. The molecule has 0 aliphatic carbocycles. The molecule has 1 aromatic carbocycles. The van der Waals surface area contributed by atoms with Crippen molar-refractivity contribution >= 4 is 5.91 Å². The minimum Gasteiger partial charge on any atom is -0.394 e. The fourth-order valence-corrected chi connectivity index (χ4v) is 2.64. The van der Waals surface area contributed by atoms with E-state index in [9.17, 15) is 14.3 Å². The van der Waals surface area contributed by atoms with Gasteiger partial charge in [0, 0.05) is 0 Å². The zero-order valence-electron chi connectivity index (χ0n) is 14.5. The molecule has 0 radical (unpaired) electrons. The Bertz CT molecular complexity index is 702. The quantitative estimate of drug-likeness (QED) is 0.884. The number of aromatic nitrogens is 2. The largest absolute Gasteiger partial charge is 0.394 e. The molecule has 2 aromatic rings. The van der Waals surface area contributed by atoms with E-state index in [2.05, 4.69) is 31.2 Å². The van der Waals surface area contributed by atoms with Crippen molar-refractivity contribution in [1.82, 2.24) is 15.1 Å². The van der Waals surface area contributed by atoms with Crippen molar-refractivity contribution in [1.29, 1.82) is 0 Å². The van der Waals surface area contributed by atoms with Gasteiger partial charge in [0.1, 0.15) is 5.82 Å². The van der Waals surface area contributed by atoms with E-state index in [-0.39, 0.29) is 29.8 Å². The van der Waals surface area contributed by atoms with Crippen molar-refractivity contribution in [2.24, 2.45) is 5.41 Å². The molecule has 2 N–H and O–H groups in total. The molecular formula is C18H24FN3O2. The highest BCUT2D eigenvalue weighted by molar-refractivity contribution is 5.95. The summed E-state index contributed by atoms with van der Waals surface area (Å²) in [5.74, 6) is -0.598. The van der Waals surface area contributed by atoms with Gasteiger partial charge in [0.2, 0.25) is 0 Å². The molecule has 0 saturated carbocycles. The first kappa shape index (κ1) is 18.1. The van der Waals surface area contributed by atoms with Crippen LogP contribution in [0.4, 0.5) is 4.39 Å². The number of aliphatic hydroxyl groups excluding tert-OH is 1. The number of hydrogen-bond donors (Lipinski definition) is 2. The lowest BCUT2D eigenvalue weighted by atomic mass is 9.88. The van der Waals surface area contributed by atoms with Gasteiger partial charge in [-0.1, -0.05) is 20.8 Å². The van der Waals surface area contributed by atoms with Gasteiger partial charge < -0.3 is 10.4 Å². The van der Waals surface area contributed by atoms with Gasteiger partial charge in [-0.25, -0.2) is 9.07 Å². The molecule has 0 fully saturated rings. The molecule has 1 aromatic heterocycles. The normalized spacial score (nSPS) is 12.9. The first-order valence-corrected chi connectivity index (χ1v) is 7.93. The number of hydrogen-bond acceptors (Lipinski definition) is 3. The predicted octanol–water partition coefficient (Wildman–Crippen LogP) is 2.85. The minimum absolute atomic E-state index is 0.00594. The molecule has 2 rings (SSSR count). The SMILES string of the molecule is Cc1c(C(=O)NC(CO)CC(C)(C)C)cnn1-c1ccc(F)cc1. The van der Waals surface area contributed by atoms with Crippen molar-refractivity contribution in [2.45, 2.75) is 40.2 Å². The average molecular weight is 333 g/mol. The van der Waals surface area contributed by atoms with Crippen LogP contribution < -0.4 is 5.32 Å². The highest BCUT2D eigenvalue weighted by Gasteiger charge is 2.22. The van der Waals surface area contributed by atoms with Crippen molar-refractivity contribution in [3.05, 3.63) is 47.5 Å². The lowest BCUT2D eigenvalue weighted by Crippen LogP contribution is -2.40. The van der Waals surface area contributed by atoms with E-state index in [4.69, 9.17) is 0 Å². The fourth-order valence-electron chi connectivity index (χ4n) is 2.64. The second-order valence-electron chi connectivity index (χ2n) is 7.15. The van der Waals surface area contributed by atoms with Crippen molar-refractivity contribution in [2.75, 3.05) is 6.61 Å². The number of nitrogens with one attached hydrogen (secondary N) is 1. The predicted molar refractivity (Wildman–Crippen MR) is 90.7 cm³/mol. The number of aliphatic hydroxyl groups is 1. The Labute approximate surface area is 141 Å². The van der Waals surface area contributed by atoms with Crippen LogP contribution in [0.2, 0.25) is 0 Å². The van der Waals surface area contributed by atoms with Crippen LogP contribution in [-0.4, -0.2) is 33.4 Å². The Kier molecular flexibility index (Phi) is 5.39. The highest BCUT2D eigenvalue weighted by atomic mass is 19.1. The summed E-state index contributed by atoms with van der Waals surface area (Å²) < 4.78 is 14.6. The summed E-state index contributed by atoms with van der Waals surface area (Å²) in [6, 6.07) is 5.59. The molecule has 1 unspecified atom stereocenters. The third-order valence-corrected chi connectivity index (χ3v) is 3.74. The molecule has 0 bridgehead atoms. The minimum atomic E-state index is -0.325. The summed E-state index contributed by atoms with van der Waals surface area (Å²) >= 11 is 0. The van der Waals surface area contributed by atoms with Gasteiger partial charge in [0.25, 0.3) is 5.91 Å². The Morgan fingerprint density at radius 3 is 2.50 bits per heavy atom. The van der Waals surface area contributed by atoms with Gasteiger partial charge in [-0.2, -0.15) is 5.10 Å². The van der Waals surface area contributed by atoms with Crippen LogP contribution in [0.5, 0.6) is 0 Å². The van der Waals surface area contributed by atoms with Crippen molar-refractivity contribution in [3.63, 3.8) is 0 Å². The maximum Gasteiger partial charge on any atom is 0.255 e. The topological polar surface area (TPSA) is 67.2 Å². The van der Waals surface area contributed by atoms with Crippen molar-refractivity contribution in [3.8, 4) is 5.69 Å². The van der Waals surface area contributed by atoms with E-state index in [0.717, 1.165) is 0 Å². The van der Waals surface area contributed by atoms with Crippen LogP contribution in [0.25, 0.3) is 5.69 Å². The van der Waals surface area contributed by atoms with Crippen LogP contribution >= 0.6 is 0 Å². The maximum absolute atomic E-state index is 13.0. The third kappa shape index (κ3) is 4.41. The molecule has 1 atom stereocenters. The van der Waals surface area contributed by atoms with Gasteiger partial charge in [-0.05, 0) is 43.0 Å². The molecular weight excluding hydrogens is 309 g/mol. The molecule has 1 heterocycles. The van der Waals surface area contributed by atoms with E-state index in [0.29, 0.717) is 23.4 Å². The second kappa shape index (κ2) is 7.13. The number of halogens is 1. The molecule has 0 saturated heterocycles. The number of amides is 1. The third-order valence-electron chi connectivity index (χ3n) is 3.74. The van der Waals surface area contributed by atoms with Crippen LogP contribution in [0.1, 0.15) is 43.2 Å². The number of carbonyl (C=O) groups excluding carboxylic acids is 1. The summed E-state index contributed by atoms with van der Waals surface area (Å²) in [6.07, 6.45) is 2.15. The summed E-state index contributed by atoms with van der Waals surface area (Å²) in [5, 5.41) is 16.6. The molecule has 6 heteroatoms. The van der Waals surface area contributed by atoms with E-state index in [1.165, 1.54) is 18.3 Å². The Hall–Kier alpha value is -2.21. The zero-order chi connectivity index (χ0) is 17.9. The number of rotatable bonds is 5. The van der Waals surface area contributed by atoms with Crippen LogP contribution in [0, 0.1) is 18.2 Å². The molecule has 130 valence electrons. The Morgan fingerprint density at radius 2 is 1.96 bits per heavy atom. The first-order chi connectivity index (χ1) is 11.2. The lowest BCUT2D eigenvalue weighted by Gasteiger charge is -2.25. The summed E-state index contributed by atoms with van der Waals surface area (Å²) in [5.41, 5.74) is 1.77. The molecule has 0 aliphatic rings. The number of benzene rings is 1. The van der Waals surface area contributed by atoms with E-state index >= 15 is 0 Å². The molecule has 24 heavy (non-hydrogen) atoms. The number of carbonyl (C=O) groups is 1. The lowest BCUT2D eigenvalue weighted by molar-refractivity contribution is 0.0897. The Morgan fingerprint density at radius 1 is 1.33 bits per heavy atom.